The number of hydrogen-bond acceptors (Lipinski definition) is 4. The minimum atomic E-state index is -0.835. The summed E-state index contributed by atoms with van der Waals surface area (Å²) in [5.41, 5.74) is 8.39. The van der Waals surface area contributed by atoms with Gasteiger partial charge in [-0.25, -0.2) is 9.78 Å². The van der Waals surface area contributed by atoms with Gasteiger partial charge in [-0.15, -0.1) is 0 Å². The quantitative estimate of drug-likeness (QED) is 0.834. The molecular formula is C17H20N4O2S. The van der Waals surface area contributed by atoms with Crippen molar-refractivity contribution in [2.24, 2.45) is 5.73 Å². The van der Waals surface area contributed by atoms with Gasteiger partial charge in [0.25, 0.3) is 0 Å². The standard InChI is InChI=1S/C17H20N4O2S/c1-11(15(22)20-16(18)23)24-17-19-13-9-5-6-10-14(13)21(17)12-7-3-2-4-8-12/h2-4,7-8,11H,5-6,9-10H2,1H3,(H3,18,20,22,23)/t11-/m0/s1. The summed E-state index contributed by atoms with van der Waals surface area (Å²) in [6, 6.07) is 9.19. The van der Waals surface area contributed by atoms with E-state index in [4.69, 9.17) is 10.7 Å². The number of nitrogens with two attached hydrogens (primary N) is 1. The first-order chi connectivity index (χ1) is 11.6. The number of rotatable bonds is 4. The molecule has 126 valence electrons. The van der Waals surface area contributed by atoms with Crippen molar-refractivity contribution in [3.05, 3.63) is 41.7 Å². The molecule has 3 amide bonds. The first kappa shape index (κ1) is 16.6. The van der Waals surface area contributed by atoms with Crippen LogP contribution in [0, 0.1) is 0 Å². The fraction of sp³-hybridized carbons (Fsp3) is 0.353. The fourth-order valence-electron chi connectivity index (χ4n) is 2.87. The van der Waals surface area contributed by atoms with Gasteiger partial charge in [0.05, 0.1) is 10.9 Å². The second kappa shape index (κ2) is 7.09. The maximum absolute atomic E-state index is 12.0. The van der Waals surface area contributed by atoms with Crippen LogP contribution in [0.5, 0.6) is 0 Å². The molecule has 24 heavy (non-hydrogen) atoms. The number of nitrogens with one attached hydrogen (secondary N) is 1. The Morgan fingerprint density at radius 2 is 1.96 bits per heavy atom. The number of carbonyl (C=O) groups is 2. The number of imidazole rings is 1. The lowest BCUT2D eigenvalue weighted by Gasteiger charge is -2.16. The van der Waals surface area contributed by atoms with Crippen molar-refractivity contribution < 1.29 is 9.59 Å². The molecule has 3 N–H and O–H groups in total. The number of benzene rings is 1. The van der Waals surface area contributed by atoms with Crippen LogP contribution >= 0.6 is 11.8 Å². The van der Waals surface area contributed by atoms with Gasteiger partial charge in [-0.1, -0.05) is 30.0 Å². The highest BCUT2D eigenvalue weighted by atomic mass is 32.2. The lowest BCUT2D eigenvalue weighted by atomic mass is 10.0. The van der Waals surface area contributed by atoms with Crippen LogP contribution in [-0.2, 0) is 17.6 Å². The molecule has 6 nitrogen and oxygen atoms in total. The maximum Gasteiger partial charge on any atom is 0.318 e. The molecule has 7 heteroatoms. The summed E-state index contributed by atoms with van der Waals surface area (Å²) >= 11 is 1.34. The predicted molar refractivity (Wildman–Crippen MR) is 93.3 cm³/mol. The Kier molecular flexibility index (Phi) is 4.89. The lowest BCUT2D eigenvalue weighted by Crippen LogP contribution is -2.39. The molecule has 1 aliphatic rings. The molecule has 0 fully saturated rings. The molecule has 1 atom stereocenters. The van der Waals surface area contributed by atoms with Crippen LogP contribution in [0.4, 0.5) is 4.79 Å². The zero-order valence-corrected chi connectivity index (χ0v) is 14.3. The Morgan fingerprint density at radius 3 is 2.67 bits per heavy atom. The Morgan fingerprint density at radius 1 is 1.25 bits per heavy atom. The molecule has 0 radical (unpaired) electrons. The Hall–Kier alpha value is -2.28. The van der Waals surface area contributed by atoms with Gasteiger partial charge in [-0.3, -0.25) is 14.7 Å². The van der Waals surface area contributed by atoms with Crippen LogP contribution in [0.1, 0.15) is 31.2 Å². The number of urea groups is 1. The number of primary amides is 1. The number of para-hydroxylation sites is 1. The van der Waals surface area contributed by atoms with Gasteiger partial charge in [0, 0.05) is 11.4 Å². The minimum Gasteiger partial charge on any atom is -0.351 e. The van der Waals surface area contributed by atoms with E-state index in [9.17, 15) is 9.59 Å². The predicted octanol–water partition coefficient (Wildman–Crippen LogP) is 2.43. The monoisotopic (exact) mass is 344 g/mol. The van der Waals surface area contributed by atoms with E-state index >= 15 is 0 Å². The summed E-state index contributed by atoms with van der Waals surface area (Å²) in [7, 11) is 0. The fourth-order valence-corrected chi connectivity index (χ4v) is 3.84. The van der Waals surface area contributed by atoms with E-state index in [1.165, 1.54) is 17.5 Å². The molecule has 0 unspecified atom stereocenters. The first-order valence-electron chi connectivity index (χ1n) is 7.99. The third kappa shape index (κ3) is 3.46. The number of hydrogen-bond donors (Lipinski definition) is 2. The number of fused-ring (bicyclic) bond motifs is 1. The summed E-state index contributed by atoms with van der Waals surface area (Å²) in [6.45, 7) is 1.74. The van der Waals surface area contributed by atoms with E-state index in [1.54, 1.807) is 6.92 Å². The lowest BCUT2D eigenvalue weighted by molar-refractivity contribution is -0.119. The Labute approximate surface area is 144 Å². The van der Waals surface area contributed by atoms with Crippen molar-refractivity contribution in [3.8, 4) is 5.69 Å². The molecule has 0 aliphatic heterocycles. The van der Waals surface area contributed by atoms with E-state index < -0.39 is 17.2 Å². The second-order valence-electron chi connectivity index (χ2n) is 5.78. The van der Waals surface area contributed by atoms with E-state index in [0.29, 0.717) is 0 Å². The summed E-state index contributed by atoms with van der Waals surface area (Å²) < 4.78 is 2.13. The third-order valence-corrected chi connectivity index (χ3v) is 5.07. The van der Waals surface area contributed by atoms with Gasteiger partial charge >= 0.3 is 6.03 Å². The smallest absolute Gasteiger partial charge is 0.318 e. The molecule has 1 aromatic carbocycles. The van der Waals surface area contributed by atoms with Crippen LogP contribution in [0.2, 0.25) is 0 Å². The first-order valence-corrected chi connectivity index (χ1v) is 8.87. The minimum absolute atomic E-state index is 0.409. The van der Waals surface area contributed by atoms with Gasteiger partial charge in [0.1, 0.15) is 0 Å². The molecule has 0 saturated heterocycles. The van der Waals surface area contributed by atoms with E-state index in [2.05, 4.69) is 9.88 Å². The number of amides is 3. The normalized spacial score (nSPS) is 14.7. The summed E-state index contributed by atoms with van der Waals surface area (Å²) in [4.78, 5) is 27.6. The number of aromatic nitrogens is 2. The molecule has 1 heterocycles. The van der Waals surface area contributed by atoms with Crippen molar-refractivity contribution in [3.63, 3.8) is 0 Å². The SMILES string of the molecule is C[C@H](Sc1nc2c(n1-c1ccccc1)CCCC2)C(=O)NC(N)=O. The van der Waals surface area contributed by atoms with E-state index in [-0.39, 0.29) is 0 Å². The zero-order chi connectivity index (χ0) is 17.1. The van der Waals surface area contributed by atoms with Crippen molar-refractivity contribution in [1.82, 2.24) is 14.9 Å². The number of thioether (sulfide) groups is 1. The van der Waals surface area contributed by atoms with Crippen LogP contribution < -0.4 is 11.1 Å². The van der Waals surface area contributed by atoms with Crippen LogP contribution in [0.25, 0.3) is 5.69 Å². The van der Waals surface area contributed by atoms with Crippen molar-refractivity contribution >= 4 is 23.7 Å². The molecule has 1 aliphatic carbocycles. The Balaban J connectivity index is 1.94. The highest BCUT2D eigenvalue weighted by Crippen LogP contribution is 2.32. The molecule has 2 aromatic rings. The van der Waals surface area contributed by atoms with Crippen LogP contribution in [0.15, 0.2) is 35.5 Å². The molecule has 1 aromatic heterocycles. The highest BCUT2D eigenvalue weighted by molar-refractivity contribution is 8.00. The third-order valence-electron chi connectivity index (χ3n) is 4.01. The maximum atomic E-state index is 12.0. The Bertz CT molecular complexity index is 757. The van der Waals surface area contributed by atoms with E-state index in [1.807, 2.05) is 30.3 Å². The molecule has 0 saturated carbocycles. The molecule has 0 spiro atoms. The van der Waals surface area contributed by atoms with Gasteiger partial charge in [0.2, 0.25) is 5.91 Å². The number of imide groups is 1. The van der Waals surface area contributed by atoms with Gasteiger partial charge in [-0.05, 0) is 44.7 Å². The van der Waals surface area contributed by atoms with Gasteiger partial charge < -0.3 is 5.73 Å². The summed E-state index contributed by atoms with van der Waals surface area (Å²) in [6.07, 6.45) is 4.23. The number of nitrogens with zero attached hydrogens (tertiary/aromatic N) is 2. The average molecular weight is 344 g/mol. The van der Waals surface area contributed by atoms with Crippen LogP contribution in [0.3, 0.4) is 0 Å². The van der Waals surface area contributed by atoms with Crippen LogP contribution in [-0.4, -0.2) is 26.7 Å². The molecule has 0 bridgehead atoms. The van der Waals surface area contributed by atoms with Gasteiger partial charge in [-0.2, -0.15) is 0 Å². The van der Waals surface area contributed by atoms with Gasteiger partial charge in [0.15, 0.2) is 5.16 Å². The summed E-state index contributed by atoms with van der Waals surface area (Å²) in [5.74, 6) is -0.409. The summed E-state index contributed by atoms with van der Waals surface area (Å²) in [5, 5.41) is 2.44. The number of carbonyl (C=O) groups excluding carboxylic acids is 2. The van der Waals surface area contributed by atoms with Crippen molar-refractivity contribution in [2.75, 3.05) is 0 Å². The largest absolute Gasteiger partial charge is 0.351 e. The average Bonchev–Trinajstić information content (AvgIpc) is 2.92. The highest BCUT2D eigenvalue weighted by Gasteiger charge is 2.24. The topological polar surface area (TPSA) is 90.0 Å². The van der Waals surface area contributed by atoms with E-state index in [0.717, 1.165) is 42.2 Å². The number of aryl methyl sites for hydroxylation is 1. The van der Waals surface area contributed by atoms with Crippen molar-refractivity contribution in [2.45, 2.75) is 43.0 Å². The second-order valence-corrected chi connectivity index (χ2v) is 7.09. The van der Waals surface area contributed by atoms with Crippen molar-refractivity contribution in [1.29, 1.82) is 0 Å². The molecular weight excluding hydrogens is 324 g/mol. The zero-order valence-electron chi connectivity index (χ0n) is 13.5. The molecule has 3 rings (SSSR count).